The second-order valence-corrected chi connectivity index (χ2v) is 4.08. The number of carbonyl (C=O) groups excluding carboxylic acids is 1. The maximum absolute atomic E-state index is 11.3. The molecule has 1 aliphatic carbocycles. The Balaban J connectivity index is 2.26. The first kappa shape index (κ1) is 13.0. The van der Waals surface area contributed by atoms with Crippen molar-refractivity contribution < 1.29 is 19.4 Å². The minimum atomic E-state index is -0.749. The fraction of sp³-hybridized carbons (Fsp3) is 0.818. The van der Waals surface area contributed by atoms with E-state index in [1.165, 1.54) is 0 Å². The van der Waals surface area contributed by atoms with Crippen LogP contribution >= 0.6 is 0 Å². The van der Waals surface area contributed by atoms with Gasteiger partial charge < -0.3 is 15.2 Å². The molecular formula is C11H19NO4. The molecule has 1 aliphatic rings. The second-order valence-electron chi connectivity index (χ2n) is 4.08. The summed E-state index contributed by atoms with van der Waals surface area (Å²) in [5.74, 6) is -1.14. The Morgan fingerprint density at radius 3 is 2.81 bits per heavy atom. The minimum absolute atomic E-state index is 0.0565. The molecule has 5 heteroatoms. The van der Waals surface area contributed by atoms with Crippen LogP contribution < -0.4 is 5.32 Å². The van der Waals surface area contributed by atoms with Crippen molar-refractivity contribution in [3.05, 3.63) is 0 Å². The first-order chi connectivity index (χ1) is 7.65. The number of carboxylic acids is 1. The van der Waals surface area contributed by atoms with E-state index in [1.807, 2.05) is 6.92 Å². The van der Waals surface area contributed by atoms with Crippen molar-refractivity contribution in [3.8, 4) is 0 Å². The molecule has 1 rings (SSSR count). The van der Waals surface area contributed by atoms with Crippen molar-refractivity contribution in [3.63, 3.8) is 0 Å². The van der Waals surface area contributed by atoms with E-state index in [0.717, 1.165) is 19.3 Å². The van der Waals surface area contributed by atoms with Crippen LogP contribution in [0.4, 0.5) is 0 Å². The van der Waals surface area contributed by atoms with Crippen LogP contribution in [-0.2, 0) is 14.3 Å². The van der Waals surface area contributed by atoms with Crippen molar-refractivity contribution in [2.75, 3.05) is 19.8 Å². The monoisotopic (exact) mass is 229 g/mol. The average Bonchev–Trinajstić information content (AvgIpc) is 2.71. The number of amides is 1. The van der Waals surface area contributed by atoms with E-state index in [1.54, 1.807) is 0 Å². The lowest BCUT2D eigenvalue weighted by Gasteiger charge is -2.16. The second kappa shape index (κ2) is 6.48. The van der Waals surface area contributed by atoms with Gasteiger partial charge in [-0.25, -0.2) is 0 Å². The molecule has 2 unspecified atom stereocenters. The Morgan fingerprint density at radius 2 is 2.19 bits per heavy atom. The molecule has 0 aromatic rings. The Labute approximate surface area is 95.2 Å². The molecule has 0 saturated heterocycles. The summed E-state index contributed by atoms with van der Waals surface area (Å²) in [6, 6.07) is 0. The molecule has 1 saturated carbocycles. The van der Waals surface area contributed by atoms with Gasteiger partial charge in [-0.05, 0) is 25.7 Å². The van der Waals surface area contributed by atoms with Gasteiger partial charge in [0.2, 0.25) is 5.91 Å². The zero-order valence-electron chi connectivity index (χ0n) is 9.57. The summed E-state index contributed by atoms with van der Waals surface area (Å²) in [4.78, 5) is 22.1. The SMILES string of the molecule is CCOCC(=O)NCC1CCCC1C(=O)O. The Morgan fingerprint density at radius 1 is 1.44 bits per heavy atom. The number of rotatable bonds is 6. The van der Waals surface area contributed by atoms with Gasteiger partial charge in [-0.2, -0.15) is 0 Å². The molecule has 0 spiro atoms. The summed E-state index contributed by atoms with van der Waals surface area (Å²) >= 11 is 0. The summed E-state index contributed by atoms with van der Waals surface area (Å²) < 4.78 is 4.96. The van der Waals surface area contributed by atoms with E-state index in [0.29, 0.717) is 13.2 Å². The highest BCUT2D eigenvalue weighted by molar-refractivity contribution is 5.77. The molecule has 5 nitrogen and oxygen atoms in total. The Kier molecular flexibility index (Phi) is 5.25. The Bertz CT molecular complexity index is 254. The fourth-order valence-electron chi connectivity index (χ4n) is 2.10. The van der Waals surface area contributed by atoms with Gasteiger partial charge in [0.15, 0.2) is 0 Å². The van der Waals surface area contributed by atoms with Crippen LogP contribution in [0.5, 0.6) is 0 Å². The first-order valence-electron chi connectivity index (χ1n) is 5.72. The van der Waals surface area contributed by atoms with Crippen LogP contribution in [0.1, 0.15) is 26.2 Å². The van der Waals surface area contributed by atoms with Gasteiger partial charge in [0.05, 0.1) is 5.92 Å². The summed E-state index contributed by atoms with van der Waals surface area (Å²) in [7, 11) is 0. The molecule has 2 atom stereocenters. The standard InChI is InChI=1S/C11H19NO4/c1-2-16-7-10(13)12-6-8-4-3-5-9(8)11(14)15/h8-9H,2-7H2,1H3,(H,12,13)(H,14,15). The topological polar surface area (TPSA) is 75.6 Å². The Hall–Kier alpha value is -1.10. The van der Waals surface area contributed by atoms with E-state index in [9.17, 15) is 9.59 Å². The smallest absolute Gasteiger partial charge is 0.306 e. The van der Waals surface area contributed by atoms with Gasteiger partial charge in [-0.15, -0.1) is 0 Å². The third-order valence-electron chi connectivity index (χ3n) is 2.97. The maximum atomic E-state index is 11.3. The molecule has 1 amide bonds. The lowest BCUT2D eigenvalue weighted by atomic mass is 9.96. The van der Waals surface area contributed by atoms with Crippen molar-refractivity contribution in [1.29, 1.82) is 0 Å². The van der Waals surface area contributed by atoms with E-state index in [4.69, 9.17) is 9.84 Å². The van der Waals surface area contributed by atoms with Crippen LogP contribution in [0, 0.1) is 11.8 Å². The van der Waals surface area contributed by atoms with E-state index in [2.05, 4.69) is 5.32 Å². The highest BCUT2D eigenvalue weighted by atomic mass is 16.5. The van der Waals surface area contributed by atoms with E-state index >= 15 is 0 Å². The van der Waals surface area contributed by atoms with Gasteiger partial charge in [0.25, 0.3) is 0 Å². The van der Waals surface area contributed by atoms with Gasteiger partial charge in [-0.3, -0.25) is 9.59 Å². The van der Waals surface area contributed by atoms with Crippen molar-refractivity contribution in [2.24, 2.45) is 11.8 Å². The number of hydrogen-bond acceptors (Lipinski definition) is 3. The minimum Gasteiger partial charge on any atom is -0.481 e. The fourth-order valence-corrected chi connectivity index (χ4v) is 2.10. The zero-order valence-corrected chi connectivity index (χ0v) is 9.57. The third-order valence-corrected chi connectivity index (χ3v) is 2.97. The predicted molar refractivity (Wildman–Crippen MR) is 58.0 cm³/mol. The molecule has 0 aromatic carbocycles. The summed E-state index contributed by atoms with van der Waals surface area (Å²) in [5, 5.41) is 11.7. The van der Waals surface area contributed by atoms with E-state index in [-0.39, 0.29) is 24.3 Å². The lowest BCUT2D eigenvalue weighted by molar-refractivity contribution is -0.143. The molecule has 0 heterocycles. The average molecular weight is 229 g/mol. The predicted octanol–water partition coefficient (Wildman–Crippen LogP) is 0.640. The molecular weight excluding hydrogens is 210 g/mol. The molecule has 0 aliphatic heterocycles. The van der Waals surface area contributed by atoms with Crippen molar-refractivity contribution in [2.45, 2.75) is 26.2 Å². The number of hydrogen-bond donors (Lipinski definition) is 2. The summed E-state index contributed by atoms with van der Waals surface area (Å²) in [6.45, 7) is 2.84. The van der Waals surface area contributed by atoms with Gasteiger partial charge in [-0.1, -0.05) is 6.42 Å². The van der Waals surface area contributed by atoms with Gasteiger partial charge in [0.1, 0.15) is 6.61 Å². The maximum Gasteiger partial charge on any atom is 0.306 e. The summed E-state index contributed by atoms with van der Waals surface area (Å²) in [5.41, 5.74) is 0. The molecule has 0 aromatic heterocycles. The number of aliphatic carboxylic acids is 1. The van der Waals surface area contributed by atoms with Gasteiger partial charge in [0, 0.05) is 13.2 Å². The van der Waals surface area contributed by atoms with Crippen LogP contribution in [0.25, 0.3) is 0 Å². The lowest BCUT2D eigenvalue weighted by Crippen LogP contribution is -2.35. The largest absolute Gasteiger partial charge is 0.481 e. The number of carbonyl (C=O) groups is 2. The van der Waals surface area contributed by atoms with Crippen molar-refractivity contribution >= 4 is 11.9 Å². The molecule has 0 radical (unpaired) electrons. The zero-order chi connectivity index (χ0) is 12.0. The van der Waals surface area contributed by atoms with Crippen LogP contribution in [-0.4, -0.2) is 36.7 Å². The number of carboxylic acid groups (broad SMARTS) is 1. The first-order valence-corrected chi connectivity index (χ1v) is 5.72. The quantitative estimate of drug-likeness (QED) is 0.701. The van der Waals surface area contributed by atoms with Crippen LogP contribution in [0.3, 0.4) is 0 Å². The highest BCUT2D eigenvalue weighted by Gasteiger charge is 2.32. The molecule has 92 valence electrons. The van der Waals surface area contributed by atoms with E-state index < -0.39 is 5.97 Å². The third kappa shape index (κ3) is 3.81. The molecule has 1 fully saturated rings. The highest BCUT2D eigenvalue weighted by Crippen LogP contribution is 2.31. The van der Waals surface area contributed by atoms with Crippen LogP contribution in [0.15, 0.2) is 0 Å². The summed E-state index contributed by atoms with van der Waals surface area (Å²) in [6.07, 6.45) is 2.54. The number of nitrogens with one attached hydrogen (secondary N) is 1. The van der Waals surface area contributed by atoms with Crippen molar-refractivity contribution in [1.82, 2.24) is 5.32 Å². The van der Waals surface area contributed by atoms with Crippen LogP contribution in [0.2, 0.25) is 0 Å². The normalized spacial score (nSPS) is 24.3. The molecule has 0 bridgehead atoms. The van der Waals surface area contributed by atoms with Gasteiger partial charge >= 0.3 is 5.97 Å². The molecule has 16 heavy (non-hydrogen) atoms. The number of ether oxygens (including phenoxy) is 1. The molecule has 2 N–H and O–H groups in total.